The number of nitrogens with two attached hydrogens (primary N) is 4. The lowest BCUT2D eigenvalue weighted by atomic mass is 9.98. The number of aliphatic hydroxyl groups is 1. The number of carbonyl (C=O) groups is 23. The Morgan fingerprint density at radius 1 is 0.312 bits per heavy atom. The second-order valence-corrected chi connectivity index (χ2v) is 31.5. The zero-order valence-corrected chi connectivity index (χ0v) is 71.9. The maximum absolute atomic E-state index is 14.5. The van der Waals surface area contributed by atoms with Gasteiger partial charge in [0, 0.05) is 38.5 Å². The topological polar surface area (TPSA) is 819 Å². The monoisotopic (exact) mass is 1790 g/mol. The van der Waals surface area contributed by atoms with Crippen molar-refractivity contribution in [2.24, 2.45) is 52.5 Å². The van der Waals surface area contributed by atoms with E-state index in [9.17, 15) is 141 Å². The summed E-state index contributed by atoms with van der Waals surface area (Å²) in [4.78, 5) is 304. The lowest BCUT2D eigenvalue weighted by molar-refractivity contribution is -0.143. The molecule has 125 heavy (non-hydrogen) atoms. The second kappa shape index (κ2) is 57.9. The number of hydrogen-bond donors (Lipinski definition) is 26. The van der Waals surface area contributed by atoms with Gasteiger partial charge in [-0.2, -0.15) is 0 Å². The molecule has 0 aliphatic heterocycles. The summed E-state index contributed by atoms with van der Waals surface area (Å²) in [5, 5.41) is 102. The number of unbranched alkanes of at least 4 members (excludes halogenated alkanes) is 1. The zero-order chi connectivity index (χ0) is 96.0. The number of carboxylic acids is 6. The van der Waals surface area contributed by atoms with Crippen LogP contribution in [0.2, 0.25) is 0 Å². The Bertz CT molecular complexity index is 3770. The zero-order valence-electron chi connectivity index (χ0n) is 71.9. The highest BCUT2D eigenvalue weighted by atomic mass is 16.4. The van der Waals surface area contributed by atoms with Crippen LogP contribution in [-0.2, 0) is 110 Å². The number of carboxylic acid groups (broad SMARTS) is 6. The maximum atomic E-state index is 14.5. The number of amides is 17. The number of aliphatic carboxylic acids is 6. The van der Waals surface area contributed by atoms with Gasteiger partial charge in [0.1, 0.15) is 84.6 Å². The van der Waals surface area contributed by atoms with Gasteiger partial charge in [-0.1, -0.05) is 75.7 Å². The Hall–Kier alpha value is -12.3. The van der Waals surface area contributed by atoms with E-state index in [1.807, 2.05) is 10.6 Å². The van der Waals surface area contributed by atoms with Gasteiger partial charge in [0.05, 0.1) is 25.6 Å². The van der Waals surface area contributed by atoms with E-state index in [4.69, 9.17) is 28.0 Å². The molecular weight excluding hydrogens is 1660 g/mol. The molecule has 0 spiro atoms. The van der Waals surface area contributed by atoms with Crippen LogP contribution in [0, 0.1) is 29.6 Å². The van der Waals surface area contributed by atoms with E-state index in [0.717, 1.165) is 0 Å². The summed E-state index contributed by atoms with van der Waals surface area (Å²) < 4.78 is 0. The Balaban J connectivity index is 7.23. The quantitative estimate of drug-likeness (QED) is 0.0252. The van der Waals surface area contributed by atoms with Crippen LogP contribution in [0.3, 0.4) is 0 Å². The SMILES string of the molecule is CC[C@H](C)[C@H](N)C(=O)N[C@@H](C)C(=O)N[C@@H](CCCCN)C(=O)N[C@@H](CCC(=O)O)C(=O)N[C@@H](CCC(=O)O)C(=O)N[C@H](C(=O)N[C@@H](CC(N)=O)C(=O)N[C@@H](CCC(=O)O)C(=O)N[C@@H](CCC(N)=O)C(=O)N[C@H](C(=O)N[C@@H](CC(C)C)C(=O)N[C@@H](CC(C)C)C(=O)N[C@@H](CCC(=O)O)C(=O)N[C@@H](CO)C(=O)NCC(=O)N[C@@H](CCC(=O)O)C(=O)O)C(C)C)C(C)C. The third-order valence-electron chi connectivity index (χ3n) is 19.1. The van der Waals surface area contributed by atoms with Crippen LogP contribution < -0.4 is 103 Å². The standard InChI is InChI=1S/C76H127N19O30/c1-12-38(10)59(80)73(121)82-39(11)62(110)84-40(15-13-14-28-77)64(112)86-42(17-23-54(100)101)65(113)87-45(20-26-57(106)107)69(117)95-61(37(8)9)75(123)92-49(31-52(79)98)72(120)89-43(18-24-55(102)103)66(114)85-41(16-22-51(78)97)68(116)94-60(36(6)7)74(122)91-48(30-35(4)5)71(119)90-47(29-34(2)3)70(118)88-44(19-25-56(104)105)67(115)93-50(33-96)63(111)81-32-53(99)83-46(76(124)125)21-27-58(108)109/h34-50,59-61,96H,12-33,77,80H2,1-11H3,(H2,78,97)(H2,79,98)(H,81,111)(H,82,121)(H,83,99)(H,84,110)(H,85,114)(H,86,112)(H,87,113)(H,88,118)(H,89,120)(H,90,119)(H,91,122)(H,92,123)(H,93,115)(H,94,116)(H,95,117)(H,100,101)(H,102,103)(H,104,105)(H,106,107)(H,108,109)(H,124,125)/t38-,39-,40-,41-,42-,43-,44-,45-,46-,47-,48-,49-,50-,59-,60-,61-/m0/s1. The molecule has 0 saturated carbocycles. The normalized spacial score (nSPS) is 15.0. The van der Waals surface area contributed by atoms with Crippen molar-refractivity contribution in [2.45, 2.75) is 289 Å². The van der Waals surface area contributed by atoms with E-state index < -0.39 is 347 Å². The smallest absolute Gasteiger partial charge is 0.326 e. The van der Waals surface area contributed by atoms with Crippen molar-refractivity contribution in [3.63, 3.8) is 0 Å². The Kier molecular flexibility index (Phi) is 52.2. The molecule has 30 N–H and O–H groups in total. The third kappa shape index (κ3) is 45.6. The van der Waals surface area contributed by atoms with Gasteiger partial charge in [0.15, 0.2) is 0 Å². The van der Waals surface area contributed by atoms with Gasteiger partial charge in [0.25, 0.3) is 0 Å². The number of carbonyl (C=O) groups excluding carboxylic acids is 17. The van der Waals surface area contributed by atoms with E-state index in [-0.39, 0.29) is 38.1 Å². The summed E-state index contributed by atoms with van der Waals surface area (Å²) in [6.07, 6.45) is -9.25. The highest BCUT2D eigenvalue weighted by Gasteiger charge is 2.40. The summed E-state index contributed by atoms with van der Waals surface area (Å²) in [5.41, 5.74) is 22.7. The number of primary amides is 2. The summed E-state index contributed by atoms with van der Waals surface area (Å²) in [6.45, 7) is 14.9. The first-order valence-corrected chi connectivity index (χ1v) is 40.7. The minimum absolute atomic E-state index is 0.106. The van der Waals surface area contributed by atoms with Gasteiger partial charge in [-0.25, -0.2) is 4.79 Å². The largest absolute Gasteiger partial charge is 0.481 e. The van der Waals surface area contributed by atoms with Crippen molar-refractivity contribution >= 4 is 136 Å². The fourth-order valence-corrected chi connectivity index (χ4v) is 11.7. The predicted octanol–water partition coefficient (Wildman–Crippen LogP) is -7.64. The molecule has 0 saturated heterocycles. The molecule has 0 aromatic rings. The minimum Gasteiger partial charge on any atom is -0.481 e. The number of hydrogen-bond acceptors (Lipinski definition) is 26. The fraction of sp³-hybridized carbons (Fsp3) is 0.697. The first-order chi connectivity index (χ1) is 58.2. The average molecular weight is 1790 g/mol. The summed E-state index contributed by atoms with van der Waals surface area (Å²) in [6, 6.07) is -25.5. The minimum atomic E-state index is -2.11. The molecule has 0 aromatic heterocycles. The molecule has 0 rings (SSSR count). The van der Waals surface area contributed by atoms with Gasteiger partial charge in [-0.3, -0.25) is 105 Å². The first kappa shape index (κ1) is 113. The highest BCUT2D eigenvalue weighted by molar-refractivity contribution is 6.02. The third-order valence-corrected chi connectivity index (χ3v) is 19.1. The van der Waals surface area contributed by atoms with Crippen LogP contribution in [0.5, 0.6) is 0 Å². The molecule has 0 fully saturated rings. The van der Waals surface area contributed by atoms with E-state index >= 15 is 0 Å². The van der Waals surface area contributed by atoms with E-state index in [1.54, 1.807) is 41.5 Å². The van der Waals surface area contributed by atoms with Crippen molar-refractivity contribution in [2.75, 3.05) is 19.7 Å². The van der Waals surface area contributed by atoms with Crippen molar-refractivity contribution in [3.05, 3.63) is 0 Å². The predicted molar refractivity (Wildman–Crippen MR) is 436 cm³/mol. The Labute approximate surface area is 720 Å². The van der Waals surface area contributed by atoms with Gasteiger partial charge in [-0.05, 0) is 114 Å². The number of nitrogens with one attached hydrogen (secondary N) is 15. The average Bonchev–Trinajstić information content (AvgIpc) is 0.849. The molecule has 0 unspecified atom stereocenters. The molecule has 0 aromatic carbocycles. The molecule has 16 atom stereocenters. The van der Waals surface area contributed by atoms with Crippen LogP contribution in [0.1, 0.15) is 198 Å². The lowest BCUT2D eigenvalue weighted by Gasteiger charge is -2.30. The molecule has 49 heteroatoms. The van der Waals surface area contributed by atoms with E-state index in [1.165, 1.54) is 34.6 Å². The second-order valence-electron chi connectivity index (χ2n) is 31.5. The van der Waals surface area contributed by atoms with E-state index in [2.05, 4.69) is 69.1 Å². The lowest BCUT2D eigenvalue weighted by Crippen LogP contribution is -2.62. The van der Waals surface area contributed by atoms with Gasteiger partial charge in [0.2, 0.25) is 100 Å². The van der Waals surface area contributed by atoms with Crippen molar-refractivity contribution in [1.29, 1.82) is 0 Å². The molecule has 706 valence electrons. The molecule has 0 aliphatic carbocycles. The molecule has 49 nitrogen and oxygen atoms in total. The fourth-order valence-electron chi connectivity index (χ4n) is 11.7. The molecule has 0 radical (unpaired) electrons. The highest BCUT2D eigenvalue weighted by Crippen LogP contribution is 2.16. The van der Waals surface area contributed by atoms with Crippen LogP contribution in [0.25, 0.3) is 0 Å². The van der Waals surface area contributed by atoms with Crippen molar-refractivity contribution < 1.29 is 146 Å². The summed E-state index contributed by atoms with van der Waals surface area (Å²) in [5.74, 6) is -31.7. The molecular formula is C76H127N19O30. The van der Waals surface area contributed by atoms with Crippen LogP contribution in [0.15, 0.2) is 0 Å². The number of aliphatic hydroxyl groups excluding tert-OH is 1. The maximum Gasteiger partial charge on any atom is 0.326 e. The van der Waals surface area contributed by atoms with Gasteiger partial charge < -0.3 is 138 Å². The van der Waals surface area contributed by atoms with Crippen LogP contribution >= 0.6 is 0 Å². The summed E-state index contributed by atoms with van der Waals surface area (Å²) in [7, 11) is 0. The molecule has 0 aliphatic rings. The van der Waals surface area contributed by atoms with Crippen LogP contribution in [-0.4, -0.2) is 282 Å². The molecule has 17 amide bonds. The van der Waals surface area contributed by atoms with Crippen LogP contribution in [0.4, 0.5) is 0 Å². The molecule has 0 heterocycles. The van der Waals surface area contributed by atoms with Gasteiger partial charge in [-0.15, -0.1) is 0 Å². The first-order valence-electron chi connectivity index (χ1n) is 40.7. The number of rotatable bonds is 64. The Morgan fingerprint density at radius 3 is 0.936 bits per heavy atom. The Morgan fingerprint density at radius 2 is 0.616 bits per heavy atom. The van der Waals surface area contributed by atoms with E-state index in [0.29, 0.717) is 12.8 Å². The molecule has 0 bridgehead atoms. The van der Waals surface area contributed by atoms with Gasteiger partial charge >= 0.3 is 35.8 Å². The van der Waals surface area contributed by atoms with Crippen molar-refractivity contribution in [1.82, 2.24) is 79.8 Å². The van der Waals surface area contributed by atoms with Crippen molar-refractivity contribution in [3.8, 4) is 0 Å². The summed E-state index contributed by atoms with van der Waals surface area (Å²) >= 11 is 0.